The Labute approximate surface area is 167 Å². The summed E-state index contributed by atoms with van der Waals surface area (Å²) < 4.78 is 32.3. The third-order valence-electron chi connectivity index (χ3n) is 4.63. The number of rotatable bonds is 4. The summed E-state index contributed by atoms with van der Waals surface area (Å²) in [7, 11) is 0. The fourth-order valence-electron chi connectivity index (χ4n) is 3.20. The van der Waals surface area contributed by atoms with Crippen molar-refractivity contribution in [2.75, 3.05) is 19.6 Å². The highest BCUT2D eigenvalue weighted by Gasteiger charge is 2.43. The number of carbonyl (C=O) groups excluding carboxylic acids is 1. The maximum absolute atomic E-state index is 13.2. The highest BCUT2D eigenvalue weighted by atomic mass is 35.5. The molecule has 9 heteroatoms. The molecule has 26 heavy (non-hydrogen) atoms. The van der Waals surface area contributed by atoms with Crippen LogP contribution in [0.15, 0.2) is 18.2 Å². The van der Waals surface area contributed by atoms with Crippen LogP contribution in [0.3, 0.4) is 0 Å². The van der Waals surface area contributed by atoms with Crippen LogP contribution < -0.4 is 5.32 Å². The van der Waals surface area contributed by atoms with Gasteiger partial charge in [0.1, 0.15) is 0 Å². The summed E-state index contributed by atoms with van der Waals surface area (Å²) in [6.07, 6.45) is 1.00. The Morgan fingerprint density at radius 2 is 1.96 bits per heavy atom. The van der Waals surface area contributed by atoms with Gasteiger partial charge in [-0.15, -0.1) is 12.4 Å². The van der Waals surface area contributed by atoms with Crippen LogP contribution in [0.1, 0.15) is 24.8 Å². The van der Waals surface area contributed by atoms with E-state index in [-0.39, 0.29) is 24.4 Å². The van der Waals surface area contributed by atoms with Crippen LogP contribution in [0.4, 0.5) is 8.78 Å². The molecule has 1 aromatic rings. The summed E-state index contributed by atoms with van der Waals surface area (Å²) in [4.78, 5) is 14.0. The number of carbonyl (C=O) groups is 1. The second kappa shape index (κ2) is 9.02. The molecule has 0 radical (unpaired) electrons. The maximum atomic E-state index is 13.2. The first-order chi connectivity index (χ1) is 11.8. The average molecular weight is 430 g/mol. The summed E-state index contributed by atoms with van der Waals surface area (Å²) in [6.45, 7) is 1.04. The van der Waals surface area contributed by atoms with Crippen LogP contribution in [0, 0.1) is 0 Å². The highest BCUT2D eigenvalue weighted by molar-refractivity contribution is 6.42. The van der Waals surface area contributed by atoms with Gasteiger partial charge in [-0.3, -0.25) is 10.1 Å². The van der Waals surface area contributed by atoms with E-state index in [9.17, 15) is 13.6 Å². The van der Waals surface area contributed by atoms with E-state index < -0.39 is 24.9 Å². The van der Waals surface area contributed by atoms with E-state index in [1.807, 2.05) is 6.07 Å². The molecule has 0 aliphatic carbocycles. The predicted molar refractivity (Wildman–Crippen MR) is 99.5 cm³/mol. The fraction of sp³-hybridized carbons (Fsp3) is 0.588. The Bertz CT molecular complexity index is 640. The minimum atomic E-state index is -2.79. The lowest BCUT2D eigenvalue weighted by Crippen LogP contribution is -2.48. The van der Waals surface area contributed by atoms with Crippen molar-refractivity contribution >= 4 is 41.5 Å². The molecule has 2 aliphatic heterocycles. The van der Waals surface area contributed by atoms with Gasteiger partial charge in [-0.1, -0.05) is 29.3 Å². The highest BCUT2D eigenvalue weighted by Crippen LogP contribution is 2.27. The van der Waals surface area contributed by atoms with Gasteiger partial charge in [0.2, 0.25) is 5.91 Å². The standard InChI is InChI=1S/C17H20Cl2F2N2O2.ClH/c18-13-2-1-11(7-14(13)19)9-25-12-3-5-23(6-4-12)16(24)15-8-17(20,21)10-22-15;/h1-2,7,12,15,22H,3-6,8-10H2;1H. The first kappa shape index (κ1) is 21.6. The number of hydrogen-bond acceptors (Lipinski definition) is 3. The lowest BCUT2D eigenvalue weighted by Gasteiger charge is -2.33. The normalized spacial score (nSPS) is 22.9. The molecular weight excluding hydrogens is 409 g/mol. The van der Waals surface area contributed by atoms with Crippen molar-refractivity contribution in [2.24, 2.45) is 0 Å². The minimum Gasteiger partial charge on any atom is -0.373 e. The van der Waals surface area contributed by atoms with Gasteiger partial charge in [-0.25, -0.2) is 8.78 Å². The summed E-state index contributed by atoms with van der Waals surface area (Å²) in [5.41, 5.74) is 0.935. The third kappa shape index (κ3) is 5.42. The molecule has 4 nitrogen and oxygen atoms in total. The van der Waals surface area contributed by atoms with E-state index in [1.165, 1.54) is 0 Å². The Balaban J connectivity index is 0.00000243. The van der Waals surface area contributed by atoms with Crippen molar-refractivity contribution < 1.29 is 18.3 Å². The molecule has 1 atom stereocenters. The number of amides is 1. The molecule has 1 N–H and O–H groups in total. The van der Waals surface area contributed by atoms with E-state index >= 15 is 0 Å². The zero-order valence-corrected chi connectivity index (χ0v) is 16.3. The molecule has 0 spiro atoms. The number of nitrogens with zero attached hydrogens (tertiary/aromatic N) is 1. The summed E-state index contributed by atoms with van der Waals surface area (Å²) >= 11 is 11.9. The first-order valence-electron chi connectivity index (χ1n) is 8.29. The van der Waals surface area contributed by atoms with Crippen molar-refractivity contribution in [3.8, 4) is 0 Å². The summed E-state index contributed by atoms with van der Waals surface area (Å²) in [5, 5.41) is 3.61. The number of nitrogens with one attached hydrogen (secondary N) is 1. The van der Waals surface area contributed by atoms with Gasteiger partial charge >= 0.3 is 0 Å². The maximum Gasteiger partial charge on any atom is 0.262 e. The van der Waals surface area contributed by atoms with Crippen LogP contribution in [0.25, 0.3) is 0 Å². The molecule has 0 bridgehead atoms. The molecule has 1 aromatic carbocycles. The van der Waals surface area contributed by atoms with Crippen LogP contribution in [-0.4, -0.2) is 48.5 Å². The molecule has 2 fully saturated rings. The number of likely N-dealkylation sites (tertiary alicyclic amines) is 1. The van der Waals surface area contributed by atoms with E-state index in [4.69, 9.17) is 27.9 Å². The lowest BCUT2D eigenvalue weighted by atomic mass is 10.1. The van der Waals surface area contributed by atoms with E-state index in [0.717, 1.165) is 5.56 Å². The topological polar surface area (TPSA) is 41.6 Å². The lowest BCUT2D eigenvalue weighted by molar-refractivity contribution is -0.136. The van der Waals surface area contributed by atoms with Crippen LogP contribution in [0.2, 0.25) is 10.0 Å². The van der Waals surface area contributed by atoms with Gasteiger partial charge in [-0.2, -0.15) is 0 Å². The quantitative estimate of drug-likeness (QED) is 0.789. The number of benzene rings is 1. The van der Waals surface area contributed by atoms with E-state index in [2.05, 4.69) is 5.32 Å². The number of hydrogen-bond donors (Lipinski definition) is 1. The number of ether oxygens (including phenoxy) is 1. The second-order valence-electron chi connectivity index (χ2n) is 6.58. The zero-order valence-electron chi connectivity index (χ0n) is 14.0. The second-order valence-corrected chi connectivity index (χ2v) is 7.39. The van der Waals surface area contributed by atoms with E-state index in [1.54, 1.807) is 17.0 Å². The fourth-order valence-corrected chi connectivity index (χ4v) is 3.52. The summed E-state index contributed by atoms with van der Waals surface area (Å²) in [5.74, 6) is -3.03. The van der Waals surface area contributed by atoms with Crippen molar-refractivity contribution in [2.45, 2.75) is 43.9 Å². The largest absolute Gasteiger partial charge is 0.373 e. The first-order valence-corrected chi connectivity index (χ1v) is 9.05. The smallest absolute Gasteiger partial charge is 0.262 e. The van der Waals surface area contributed by atoms with Gasteiger partial charge in [0.05, 0.1) is 35.3 Å². The molecule has 2 aliphatic rings. The van der Waals surface area contributed by atoms with E-state index in [0.29, 0.717) is 42.6 Å². The van der Waals surface area contributed by atoms with Gasteiger partial charge in [0.15, 0.2) is 0 Å². The minimum absolute atomic E-state index is 0. The molecule has 2 saturated heterocycles. The molecule has 146 valence electrons. The van der Waals surface area contributed by atoms with Gasteiger partial charge < -0.3 is 9.64 Å². The third-order valence-corrected chi connectivity index (χ3v) is 5.37. The van der Waals surface area contributed by atoms with Crippen molar-refractivity contribution in [1.29, 1.82) is 0 Å². The Hall–Kier alpha value is -0.660. The predicted octanol–water partition coefficient (Wildman–Crippen LogP) is 3.92. The number of piperidine rings is 1. The van der Waals surface area contributed by atoms with Crippen LogP contribution in [0.5, 0.6) is 0 Å². The average Bonchev–Trinajstić information content (AvgIpc) is 2.96. The van der Waals surface area contributed by atoms with Crippen LogP contribution >= 0.6 is 35.6 Å². The van der Waals surface area contributed by atoms with Crippen LogP contribution in [-0.2, 0) is 16.1 Å². The zero-order chi connectivity index (χ0) is 18.0. The molecule has 0 aromatic heterocycles. The van der Waals surface area contributed by atoms with Gasteiger partial charge in [0.25, 0.3) is 5.92 Å². The van der Waals surface area contributed by atoms with Crippen molar-refractivity contribution in [3.05, 3.63) is 33.8 Å². The molecular formula is C17H21Cl3F2N2O2. The molecule has 2 heterocycles. The Morgan fingerprint density at radius 3 is 2.54 bits per heavy atom. The number of alkyl halides is 2. The SMILES string of the molecule is Cl.O=C(C1CC(F)(F)CN1)N1CCC(OCc2ccc(Cl)c(Cl)c2)CC1. The number of halogens is 5. The van der Waals surface area contributed by atoms with Crippen molar-refractivity contribution in [3.63, 3.8) is 0 Å². The monoisotopic (exact) mass is 428 g/mol. The Morgan fingerprint density at radius 1 is 1.27 bits per heavy atom. The van der Waals surface area contributed by atoms with Crippen molar-refractivity contribution in [1.82, 2.24) is 10.2 Å². The van der Waals surface area contributed by atoms with Gasteiger partial charge in [0, 0.05) is 19.5 Å². The van der Waals surface area contributed by atoms with Gasteiger partial charge in [-0.05, 0) is 30.5 Å². The molecule has 1 amide bonds. The summed E-state index contributed by atoms with van der Waals surface area (Å²) in [6, 6.07) is 4.59. The Kier molecular flexibility index (Phi) is 7.51. The molecule has 3 rings (SSSR count). The molecule has 1 unspecified atom stereocenters. The molecule has 0 saturated carbocycles.